The summed E-state index contributed by atoms with van der Waals surface area (Å²) < 4.78 is 10.2. The van der Waals surface area contributed by atoms with Crippen LogP contribution in [-0.4, -0.2) is 35.8 Å². The molecule has 194 valence electrons. The normalized spacial score (nSPS) is 13.6. The van der Waals surface area contributed by atoms with Gasteiger partial charge in [-0.15, -0.1) is 11.3 Å². The molecule has 5 rings (SSSR count). The van der Waals surface area contributed by atoms with Crippen molar-refractivity contribution in [2.45, 2.75) is 25.8 Å². The number of amides is 1. The Morgan fingerprint density at radius 2 is 1.86 bits per heavy atom. The second kappa shape index (κ2) is 9.67. The SMILES string of the molecule is Cn1c(=O)c2c(n(C)c1=O)n(C)c(=O)n2CC(=O)Nc1nc(-c2ccc(OCC3CCC3)c(Cl)c2)cs1. The molecular formula is C24H25ClN6O5S. The van der Waals surface area contributed by atoms with Crippen molar-refractivity contribution < 1.29 is 9.53 Å². The predicted molar refractivity (Wildman–Crippen MR) is 142 cm³/mol. The summed E-state index contributed by atoms with van der Waals surface area (Å²) in [5, 5.41) is 5.28. The molecular weight excluding hydrogens is 520 g/mol. The zero-order valence-electron chi connectivity index (χ0n) is 20.5. The first-order chi connectivity index (χ1) is 17.7. The number of halogens is 1. The predicted octanol–water partition coefficient (Wildman–Crippen LogP) is 2.33. The lowest BCUT2D eigenvalue weighted by Crippen LogP contribution is -2.38. The number of imidazole rings is 1. The number of benzene rings is 1. The van der Waals surface area contributed by atoms with Crippen LogP contribution in [0.2, 0.25) is 5.02 Å². The van der Waals surface area contributed by atoms with Gasteiger partial charge < -0.3 is 10.1 Å². The largest absolute Gasteiger partial charge is 0.492 e. The molecule has 1 aliphatic carbocycles. The standard InChI is InChI=1S/C24H25ClN6O5S/c1-28-20-19(21(33)30(3)23(28)34)31(24(35)29(20)2)10-18(32)27-22-26-16(12-37-22)14-7-8-17(15(25)9-14)36-11-13-5-4-6-13/h7-9,12-13H,4-6,10-11H2,1-3H3,(H,26,27,32). The molecule has 1 fully saturated rings. The third-order valence-corrected chi connectivity index (χ3v) is 7.75. The van der Waals surface area contributed by atoms with E-state index in [1.807, 2.05) is 12.1 Å². The number of carbonyl (C=O) groups excluding carboxylic acids is 1. The van der Waals surface area contributed by atoms with Gasteiger partial charge in [0.1, 0.15) is 12.3 Å². The van der Waals surface area contributed by atoms with Crippen LogP contribution in [0, 0.1) is 5.92 Å². The zero-order chi connectivity index (χ0) is 26.4. The highest BCUT2D eigenvalue weighted by molar-refractivity contribution is 7.14. The number of fused-ring (bicyclic) bond motifs is 1. The maximum absolute atomic E-state index is 12.8. The van der Waals surface area contributed by atoms with Gasteiger partial charge in [-0.1, -0.05) is 18.0 Å². The third kappa shape index (κ3) is 4.51. The van der Waals surface area contributed by atoms with Crippen LogP contribution in [-0.2, 0) is 32.5 Å². The van der Waals surface area contributed by atoms with E-state index in [9.17, 15) is 19.2 Å². The number of aromatic nitrogens is 5. The summed E-state index contributed by atoms with van der Waals surface area (Å²) in [5.74, 6) is 0.689. The van der Waals surface area contributed by atoms with E-state index in [0.717, 1.165) is 14.7 Å². The average molecular weight is 545 g/mol. The Morgan fingerprint density at radius 3 is 2.54 bits per heavy atom. The Kier molecular flexibility index (Phi) is 6.54. The van der Waals surface area contributed by atoms with E-state index in [-0.39, 0.29) is 11.2 Å². The number of anilines is 1. The van der Waals surface area contributed by atoms with Gasteiger partial charge in [0.25, 0.3) is 5.56 Å². The van der Waals surface area contributed by atoms with Crippen molar-refractivity contribution >= 4 is 45.1 Å². The summed E-state index contributed by atoms with van der Waals surface area (Å²) in [6.07, 6.45) is 3.63. The Bertz CT molecular complexity index is 1710. The summed E-state index contributed by atoms with van der Waals surface area (Å²) in [7, 11) is 4.23. The summed E-state index contributed by atoms with van der Waals surface area (Å²) in [4.78, 5) is 55.1. The van der Waals surface area contributed by atoms with E-state index >= 15 is 0 Å². The lowest BCUT2D eigenvalue weighted by Gasteiger charge is -2.25. The smallest absolute Gasteiger partial charge is 0.332 e. The molecule has 1 aromatic carbocycles. The molecule has 1 saturated carbocycles. The van der Waals surface area contributed by atoms with Gasteiger partial charge in [-0.2, -0.15) is 0 Å². The topological polar surface area (TPSA) is 122 Å². The van der Waals surface area contributed by atoms with Gasteiger partial charge in [0.15, 0.2) is 16.3 Å². The fourth-order valence-corrected chi connectivity index (χ4v) is 5.33. The van der Waals surface area contributed by atoms with Crippen LogP contribution in [0.3, 0.4) is 0 Å². The highest BCUT2D eigenvalue weighted by Crippen LogP contribution is 2.33. The van der Waals surface area contributed by atoms with Crippen molar-refractivity contribution in [1.29, 1.82) is 0 Å². The molecule has 0 bridgehead atoms. The third-order valence-electron chi connectivity index (χ3n) is 6.70. The number of rotatable bonds is 7. The maximum atomic E-state index is 12.8. The molecule has 4 aromatic rings. The zero-order valence-corrected chi connectivity index (χ0v) is 22.1. The highest BCUT2D eigenvalue weighted by Gasteiger charge is 2.22. The van der Waals surface area contributed by atoms with Gasteiger partial charge in [-0.25, -0.2) is 14.6 Å². The first-order valence-corrected chi connectivity index (χ1v) is 12.9. The van der Waals surface area contributed by atoms with Gasteiger partial charge in [-0.05, 0) is 37.0 Å². The maximum Gasteiger partial charge on any atom is 0.332 e. The lowest BCUT2D eigenvalue weighted by molar-refractivity contribution is -0.116. The molecule has 13 heteroatoms. The van der Waals surface area contributed by atoms with Crippen LogP contribution < -0.4 is 27.0 Å². The van der Waals surface area contributed by atoms with Crippen LogP contribution in [0.5, 0.6) is 5.75 Å². The molecule has 0 unspecified atom stereocenters. The van der Waals surface area contributed by atoms with Crippen LogP contribution >= 0.6 is 22.9 Å². The Morgan fingerprint density at radius 1 is 1.14 bits per heavy atom. The van der Waals surface area contributed by atoms with Crippen molar-refractivity contribution in [2.24, 2.45) is 27.1 Å². The van der Waals surface area contributed by atoms with Gasteiger partial charge >= 0.3 is 11.4 Å². The van der Waals surface area contributed by atoms with Crippen molar-refractivity contribution in [3.63, 3.8) is 0 Å². The number of hydrogen-bond donors (Lipinski definition) is 1. The first-order valence-electron chi connectivity index (χ1n) is 11.7. The Hall–Kier alpha value is -3.64. The fourth-order valence-electron chi connectivity index (χ4n) is 4.36. The summed E-state index contributed by atoms with van der Waals surface area (Å²) in [6.45, 7) is 0.242. The van der Waals surface area contributed by atoms with Crippen molar-refractivity contribution in [3.05, 3.63) is 59.9 Å². The second-order valence-electron chi connectivity index (χ2n) is 9.14. The number of aryl methyl sites for hydroxylation is 2. The molecule has 1 amide bonds. The monoisotopic (exact) mass is 544 g/mol. The van der Waals surface area contributed by atoms with Crippen molar-refractivity contribution in [1.82, 2.24) is 23.3 Å². The Balaban J connectivity index is 1.33. The minimum absolute atomic E-state index is 0.0265. The quantitative estimate of drug-likeness (QED) is 0.381. The number of nitrogens with one attached hydrogen (secondary N) is 1. The van der Waals surface area contributed by atoms with Crippen LogP contribution in [0.1, 0.15) is 19.3 Å². The number of ether oxygens (including phenoxy) is 1. The molecule has 1 aliphatic rings. The molecule has 0 spiro atoms. The first kappa shape index (κ1) is 25.0. The van der Waals surface area contributed by atoms with Crippen molar-refractivity contribution in [3.8, 4) is 17.0 Å². The summed E-state index contributed by atoms with van der Waals surface area (Å²) in [5.41, 5.74) is -0.301. The molecule has 11 nitrogen and oxygen atoms in total. The van der Waals surface area contributed by atoms with Crippen molar-refractivity contribution in [2.75, 3.05) is 11.9 Å². The van der Waals surface area contributed by atoms with Crippen LogP contribution in [0.15, 0.2) is 38.0 Å². The molecule has 1 N–H and O–H groups in total. The molecule has 0 atom stereocenters. The number of carbonyl (C=O) groups is 1. The van der Waals surface area contributed by atoms with E-state index in [2.05, 4.69) is 10.3 Å². The van der Waals surface area contributed by atoms with Crippen LogP contribution in [0.25, 0.3) is 22.4 Å². The van der Waals surface area contributed by atoms with E-state index in [4.69, 9.17) is 16.3 Å². The number of thiazole rings is 1. The molecule has 0 radical (unpaired) electrons. The number of nitrogens with zero attached hydrogens (tertiary/aromatic N) is 5. The molecule has 37 heavy (non-hydrogen) atoms. The summed E-state index contributed by atoms with van der Waals surface area (Å²) >= 11 is 7.63. The molecule has 0 saturated heterocycles. The Labute approximate surface area is 219 Å². The van der Waals surface area contributed by atoms with E-state index in [1.54, 1.807) is 11.4 Å². The van der Waals surface area contributed by atoms with Gasteiger partial charge in [0.05, 0.1) is 17.3 Å². The molecule has 3 aromatic heterocycles. The minimum atomic E-state index is -0.655. The highest BCUT2D eigenvalue weighted by atomic mass is 35.5. The lowest BCUT2D eigenvalue weighted by atomic mass is 9.86. The minimum Gasteiger partial charge on any atom is -0.492 e. The average Bonchev–Trinajstić information content (AvgIpc) is 3.39. The second-order valence-corrected chi connectivity index (χ2v) is 10.4. The van der Waals surface area contributed by atoms with E-state index in [0.29, 0.717) is 34.1 Å². The van der Waals surface area contributed by atoms with E-state index in [1.165, 1.54) is 60.9 Å². The van der Waals surface area contributed by atoms with Gasteiger partial charge in [0, 0.05) is 32.1 Å². The van der Waals surface area contributed by atoms with Gasteiger partial charge in [-0.3, -0.25) is 27.9 Å². The molecule has 0 aliphatic heterocycles. The molecule has 3 heterocycles. The van der Waals surface area contributed by atoms with Gasteiger partial charge in [0.2, 0.25) is 5.91 Å². The summed E-state index contributed by atoms with van der Waals surface area (Å²) in [6, 6.07) is 5.45. The van der Waals surface area contributed by atoms with E-state index < -0.39 is 29.4 Å². The van der Waals surface area contributed by atoms with Crippen LogP contribution in [0.4, 0.5) is 5.13 Å². The fraction of sp³-hybridized carbons (Fsp3) is 0.375. The number of hydrogen-bond acceptors (Lipinski definition) is 7.